The van der Waals surface area contributed by atoms with Gasteiger partial charge in [0, 0.05) is 106 Å². The fourth-order valence-corrected chi connectivity index (χ4v) is 7.01. The van der Waals surface area contributed by atoms with E-state index in [2.05, 4.69) is 40.4 Å². The number of benzene rings is 1. The average molecular weight is 773 g/mol. The Hall–Kier alpha value is -4.23. The summed E-state index contributed by atoms with van der Waals surface area (Å²) in [7, 11) is 0. The van der Waals surface area contributed by atoms with E-state index in [-0.39, 0.29) is 29.9 Å². The lowest BCUT2D eigenvalue weighted by Gasteiger charge is -2.35. The number of Topliss-reactive ketones (excluding diaryl/α,β-unsaturated/α-hetero) is 2. The maximum Gasteiger partial charge on any atom is 0.222 e. The van der Waals surface area contributed by atoms with Crippen LogP contribution in [0.3, 0.4) is 0 Å². The minimum Gasteiger partial charge on any atom is -0.382 e. The highest BCUT2D eigenvalue weighted by Gasteiger charge is 2.23. The smallest absolute Gasteiger partial charge is 0.222 e. The summed E-state index contributed by atoms with van der Waals surface area (Å²) >= 11 is 0. The van der Waals surface area contributed by atoms with Crippen LogP contribution in [0.25, 0.3) is 11.1 Å². The SMILES string of the molecule is CCCOCCOCCOCCC(=O)NCCN1CCN(c2ccc(-c3cc(NC(C)C)c(C=N)c(C(=O)CCC4=C(CCC)C=C(C)CC4=O)c3)cn2)CC1. The van der Waals surface area contributed by atoms with Gasteiger partial charge in [-0.15, -0.1) is 0 Å². The number of anilines is 2. The van der Waals surface area contributed by atoms with Crippen LogP contribution in [0.5, 0.6) is 0 Å². The molecule has 12 nitrogen and oxygen atoms in total. The summed E-state index contributed by atoms with van der Waals surface area (Å²) in [5, 5.41) is 14.7. The van der Waals surface area contributed by atoms with Crippen molar-refractivity contribution in [1.82, 2.24) is 15.2 Å². The molecule has 0 bridgehead atoms. The van der Waals surface area contributed by atoms with E-state index in [0.717, 1.165) is 97.9 Å². The Balaban J connectivity index is 1.28. The number of carbonyl (C=O) groups is 3. The summed E-state index contributed by atoms with van der Waals surface area (Å²) in [5.74, 6) is 0.903. The molecule has 306 valence electrons. The molecule has 2 aliphatic rings. The summed E-state index contributed by atoms with van der Waals surface area (Å²) in [5.41, 5.74) is 6.36. The number of pyridine rings is 1. The van der Waals surface area contributed by atoms with Crippen LogP contribution in [0, 0.1) is 5.41 Å². The van der Waals surface area contributed by atoms with Crippen LogP contribution in [0.4, 0.5) is 11.5 Å². The lowest BCUT2D eigenvalue weighted by Crippen LogP contribution is -2.48. The highest BCUT2D eigenvalue weighted by Crippen LogP contribution is 2.32. The molecule has 0 saturated carbocycles. The second kappa shape index (κ2) is 23.7. The van der Waals surface area contributed by atoms with Crippen LogP contribution in [-0.2, 0) is 23.8 Å². The molecule has 1 aromatic heterocycles. The molecule has 3 N–H and O–H groups in total. The van der Waals surface area contributed by atoms with Crippen molar-refractivity contribution >= 4 is 35.2 Å². The predicted octanol–water partition coefficient (Wildman–Crippen LogP) is 6.63. The van der Waals surface area contributed by atoms with E-state index in [1.165, 1.54) is 6.21 Å². The van der Waals surface area contributed by atoms with Crippen LogP contribution in [0.2, 0.25) is 0 Å². The van der Waals surface area contributed by atoms with Crippen LogP contribution >= 0.6 is 0 Å². The molecule has 1 aromatic carbocycles. The van der Waals surface area contributed by atoms with Gasteiger partial charge >= 0.3 is 0 Å². The number of amides is 1. The third-order valence-corrected chi connectivity index (χ3v) is 9.87. The zero-order chi connectivity index (χ0) is 40.3. The molecule has 0 atom stereocenters. The van der Waals surface area contributed by atoms with Gasteiger partial charge in [-0.1, -0.05) is 31.9 Å². The Morgan fingerprint density at radius 1 is 0.911 bits per heavy atom. The minimum atomic E-state index is -0.0863. The minimum absolute atomic E-state index is 0.0137. The van der Waals surface area contributed by atoms with Crippen LogP contribution in [0.1, 0.15) is 95.5 Å². The van der Waals surface area contributed by atoms with E-state index < -0.39 is 0 Å². The van der Waals surface area contributed by atoms with Gasteiger partial charge in [-0.3, -0.25) is 19.3 Å². The molecule has 2 heterocycles. The number of allylic oxidation sites excluding steroid dienone is 4. The second-order valence-electron chi connectivity index (χ2n) is 14.9. The third-order valence-electron chi connectivity index (χ3n) is 9.87. The van der Waals surface area contributed by atoms with Gasteiger partial charge in [0.05, 0.1) is 33.0 Å². The Morgan fingerprint density at radius 3 is 2.27 bits per heavy atom. The highest BCUT2D eigenvalue weighted by atomic mass is 16.5. The van der Waals surface area contributed by atoms with E-state index in [9.17, 15) is 14.4 Å². The standard InChI is InChI=1S/C44H64N6O6/c1-6-8-34-26-33(5)27-42(52)37(34)10-11-41(51)38-28-36(29-40(39(38)30-45)48-32(3)4)35-9-12-43(47-31-35)50-18-16-49(17-19-50)15-14-46-44(53)13-21-55-23-25-56-24-22-54-20-7-2/h9,12,26,28-32,45,48H,6-8,10-11,13-25,27H2,1-5H3,(H,46,53). The van der Waals surface area contributed by atoms with Crippen molar-refractivity contribution < 1.29 is 28.6 Å². The summed E-state index contributed by atoms with van der Waals surface area (Å²) in [6.45, 7) is 18.2. The number of rotatable bonds is 25. The van der Waals surface area contributed by atoms with Crippen LogP contribution in [0.15, 0.2) is 53.3 Å². The fourth-order valence-electron chi connectivity index (χ4n) is 7.01. The van der Waals surface area contributed by atoms with Crippen molar-refractivity contribution in [3.05, 3.63) is 64.4 Å². The zero-order valence-electron chi connectivity index (χ0n) is 34.3. The van der Waals surface area contributed by atoms with E-state index in [1.54, 1.807) is 0 Å². The molecule has 0 unspecified atom stereocenters. The van der Waals surface area contributed by atoms with Crippen molar-refractivity contribution in [2.45, 2.75) is 85.6 Å². The van der Waals surface area contributed by atoms with Crippen molar-refractivity contribution in [2.24, 2.45) is 0 Å². The van der Waals surface area contributed by atoms with Gasteiger partial charge in [-0.2, -0.15) is 0 Å². The Morgan fingerprint density at radius 2 is 1.62 bits per heavy atom. The van der Waals surface area contributed by atoms with Crippen LogP contribution in [-0.4, -0.2) is 119 Å². The highest BCUT2D eigenvalue weighted by molar-refractivity contribution is 6.08. The lowest BCUT2D eigenvalue weighted by atomic mass is 9.86. The maximum absolute atomic E-state index is 13.9. The molecule has 1 aliphatic heterocycles. The summed E-state index contributed by atoms with van der Waals surface area (Å²) in [4.78, 5) is 48.6. The maximum atomic E-state index is 13.9. The van der Waals surface area contributed by atoms with Crippen molar-refractivity contribution in [3.8, 4) is 11.1 Å². The van der Waals surface area contributed by atoms with Crippen molar-refractivity contribution in [2.75, 3.05) is 89.1 Å². The number of nitrogens with one attached hydrogen (secondary N) is 3. The topological polar surface area (TPSA) is 146 Å². The van der Waals surface area contributed by atoms with Gasteiger partial charge in [0.25, 0.3) is 0 Å². The van der Waals surface area contributed by atoms with E-state index in [0.29, 0.717) is 70.0 Å². The molecular formula is C44H64N6O6. The van der Waals surface area contributed by atoms with E-state index in [4.69, 9.17) is 24.6 Å². The molecule has 1 fully saturated rings. The van der Waals surface area contributed by atoms with Gasteiger partial charge in [0.2, 0.25) is 5.91 Å². The molecule has 0 spiro atoms. The number of hydrogen-bond donors (Lipinski definition) is 3. The fraction of sp³-hybridized carbons (Fsp3) is 0.568. The first kappa shape index (κ1) is 44.5. The van der Waals surface area contributed by atoms with Crippen molar-refractivity contribution in [3.63, 3.8) is 0 Å². The number of piperazine rings is 1. The largest absolute Gasteiger partial charge is 0.382 e. The first-order valence-electron chi connectivity index (χ1n) is 20.5. The van der Waals surface area contributed by atoms with E-state index >= 15 is 0 Å². The predicted molar refractivity (Wildman–Crippen MR) is 224 cm³/mol. The molecule has 4 rings (SSSR count). The monoisotopic (exact) mass is 772 g/mol. The summed E-state index contributed by atoms with van der Waals surface area (Å²) in [6.07, 6.45) is 9.29. The first-order valence-corrected chi connectivity index (χ1v) is 20.5. The van der Waals surface area contributed by atoms with Gasteiger partial charge < -0.3 is 35.2 Å². The van der Waals surface area contributed by atoms with Gasteiger partial charge in [-0.25, -0.2) is 4.98 Å². The van der Waals surface area contributed by atoms with E-state index in [1.807, 2.05) is 51.2 Å². The molecule has 2 aromatic rings. The number of ether oxygens (including phenoxy) is 3. The average Bonchev–Trinajstić information content (AvgIpc) is 3.18. The Kier molecular flexibility index (Phi) is 18.9. The molecule has 1 amide bonds. The zero-order valence-corrected chi connectivity index (χ0v) is 34.3. The lowest BCUT2D eigenvalue weighted by molar-refractivity contribution is -0.122. The number of hydrogen-bond acceptors (Lipinski definition) is 11. The molecule has 1 saturated heterocycles. The molecule has 0 radical (unpaired) electrons. The van der Waals surface area contributed by atoms with Crippen molar-refractivity contribution in [1.29, 1.82) is 5.41 Å². The number of aromatic nitrogens is 1. The molecule has 12 heteroatoms. The van der Waals surface area contributed by atoms with Gasteiger partial charge in [-0.05, 0) is 81.0 Å². The Labute approximate surface area is 333 Å². The van der Waals surface area contributed by atoms with Gasteiger partial charge in [0.15, 0.2) is 11.6 Å². The molecular weight excluding hydrogens is 709 g/mol. The molecule has 1 aliphatic carbocycles. The second-order valence-corrected chi connectivity index (χ2v) is 14.9. The third kappa shape index (κ3) is 14.1. The number of carbonyl (C=O) groups excluding carboxylic acids is 3. The molecule has 56 heavy (non-hydrogen) atoms. The summed E-state index contributed by atoms with van der Waals surface area (Å²) in [6, 6.07) is 8.01. The first-order chi connectivity index (χ1) is 27.1. The van der Waals surface area contributed by atoms with Gasteiger partial charge in [0.1, 0.15) is 5.82 Å². The number of ketones is 2. The summed E-state index contributed by atoms with van der Waals surface area (Å²) < 4.78 is 16.3. The Bertz CT molecular complexity index is 1660. The normalized spacial score (nSPS) is 15.0. The number of nitrogens with zero attached hydrogens (tertiary/aromatic N) is 3. The van der Waals surface area contributed by atoms with Crippen LogP contribution < -0.4 is 15.5 Å². The quantitative estimate of drug-likeness (QED) is 0.0571.